The average Bonchev–Trinajstić information content (AvgIpc) is 2.86. The Kier molecular flexibility index (Phi) is 17.1. The van der Waals surface area contributed by atoms with E-state index in [1.165, 1.54) is 44.9 Å². The van der Waals surface area contributed by atoms with E-state index in [0.717, 1.165) is 37.7 Å². The first-order valence-electron chi connectivity index (χ1n) is 13.1. The molecule has 188 valence electrons. The Labute approximate surface area is 206 Å². The third kappa shape index (κ3) is 13.2. The fourth-order valence-electron chi connectivity index (χ4n) is 3.84. The number of carboxylic acid groups (broad SMARTS) is 1. The number of hydrogen-bond acceptors (Lipinski definition) is 3. The van der Waals surface area contributed by atoms with Crippen LogP contribution in [-0.2, 0) is 11.2 Å². The van der Waals surface area contributed by atoms with Gasteiger partial charge in [-0.05, 0) is 30.9 Å². The number of carbonyl (C=O) groups is 2. The molecule has 0 saturated heterocycles. The number of carboxylic acids is 1. The second-order valence-electron chi connectivity index (χ2n) is 8.72. The molecule has 0 fully saturated rings. The molecular weight excluding hydrogens is 424 g/mol. The van der Waals surface area contributed by atoms with Crippen LogP contribution in [-0.4, -0.2) is 23.7 Å². The molecule has 0 bridgehead atoms. The molecule has 4 nitrogen and oxygen atoms in total. The van der Waals surface area contributed by atoms with Crippen molar-refractivity contribution in [3.05, 3.63) is 71.3 Å². The van der Waals surface area contributed by atoms with Crippen LogP contribution < -0.4 is 0 Å². The van der Waals surface area contributed by atoms with E-state index < -0.39 is 11.9 Å². The summed E-state index contributed by atoms with van der Waals surface area (Å²) in [6.07, 6.45) is 14.3. The molecule has 2 aromatic carbocycles. The largest absolute Gasteiger partial charge is 0.478 e. The summed E-state index contributed by atoms with van der Waals surface area (Å²) in [5.74, 6) is -1.57. The molecule has 0 amide bonds. The van der Waals surface area contributed by atoms with Crippen LogP contribution in [0, 0.1) is 0 Å². The summed E-state index contributed by atoms with van der Waals surface area (Å²) in [5.41, 5.74) is 1.03. The normalized spacial score (nSPS) is 10.3. The SMILES string of the molecule is CCCCCCCCOC(=O)c1cccc(CCCCCCCC)c1C(=O)O.c1ccccc1. The molecule has 2 aromatic rings. The van der Waals surface area contributed by atoms with Crippen molar-refractivity contribution < 1.29 is 19.4 Å². The molecule has 0 unspecified atom stereocenters. The van der Waals surface area contributed by atoms with Crippen molar-refractivity contribution in [1.82, 2.24) is 0 Å². The highest BCUT2D eigenvalue weighted by Crippen LogP contribution is 2.20. The summed E-state index contributed by atoms with van der Waals surface area (Å²) in [5, 5.41) is 9.65. The van der Waals surface area contributed by atoms with Gasteiger partial charge in [0, 0.05) is 0 Å². The number of esters is 1. The van der Waals surface area contributed by atoms with Gasteiger partial charge in [-0.15, -0.1) is 0 Å². The van der Waals surface area contributed by atoms with Crippen molar-refractivity contribution in [1.29, 1.82) is 0 Å². The molecule has 0 aliphatic rings. The summed E-state index contributed by atoms with van der Waals surface area (Å²) < 4.78 is 5.35. The minimum Gasteiger partial charge on any atom is -0.478 e. The molecule has 0 radical (unpaired) electrons. The minimum atomic E-state index is -1.05. The van der Waals surface area contributed by atoms with Crippen molar-refractivity contribution in [3.63, 3.8) is 0 Å². The average molecular weight is 469 g/mol. The van der Waals surface area contributed by atoms with E-state index in [4.69, 9.17) is 4.74 Å². The first-order valence-corrected chi connectivity index (χ1v) is 13.1. The van der Waals surface area contributed by atoms with Gasteiger partial charge in [-0.2, -0.15) is 0 Å². The highest BCUT2D eigenvalue weighted by Gasteiger charge is 2.21. The summed E-state index contributed by atoms with van der Waals surface area (Å²) in [7, 11) is 0. The number of benzene rings is 2. The van der Waals surface area contributed by atoms with Crippen molar-refractivity contribution >= 4 is 11.9 Å². The minimum absolute atomic E-state index is 0.115. The molecule has 1 N–H and O–H groups in total. The first-order chi connectivity index (χ1) is 16.6. The van der Waals surface area contributed by atoms with Gasteiger partial charge in [0.2, 0.25) is 0 Å². The Balaban J connectivity index is 0.000000830. The van der Waals surface area contributed by atoms with E-state index in [2.05, 4.69) is 13.8 Å². The van der Waals surface area contributed by atoms with Gasteiger partial charge in [-0.25, -0.2) is 9.59 Å². The number of aryl methyl sites for hydroxylation is 1. The Bertz CT molecular complexity index is 759. The summed E-state index contributed by atoms with van der Waals surface area (Å²) in [6.45, 7) is 4.73. The van der Waals surface area contributed by atoms with Gasteiger partial charge in [0.1, 0.15) is 0 Å². The second kappa shape index (κ2) is 19.8. The Morgan fingerprint density at radius 3 is 1.71 bits per heavy atom. The lowest BCUT2D eigenvalue weighted by Gasteiger charge is -2.12. The van der Waals surface area contributed by atoms with Crippen LogP contribution in [0.5, 0.6) is 0 Å². The van der Waals surface area contributed by atoms with Crippen molar-refractivity contribution in [2.75, 3.05) is 6.61 Å². The van der Waals surface area contributed by atoms with Crippen molar-refractivity contribution in [3.8, 4) is 0 Å². The predicted molar refractivity (Wildman–Crippen MR) is 141 cm³/mol. The highest BCUT2D eigenvalue weighted by molar-refractivity contribution is 6.03. The molecule has 0 aromatic heterocycles. The van der Waals surface area contributed by atoms with Gasteiger partial charge in [-0.3, -0.25) is 0 Å². The molecular formula is C30H44O4. The van der Waals surface area contributed by atoms with Gasteiger partial charge < -0.3 is 9.84 Å². The lowest BCUT2D eigenvalue weighted by Crippen LogP contribution is -2.15. The summed E-state index contributed by atoms with van der Waals surface area (Å²) >= 11 is 0. The van der Waals surface area contributed by atoms with Gasteiger partial charge in [-0.1, -0.05) is 127 Å². The number of rotatable bonds is 16. The lowest BCUT2D eigenvalue weighted by molar-refractivity contribution is 0.0487. The van der Waals surface area contributed by atoms with Gasteiger partial charge in [0.25, 0.3) is 0 Å². The van der Waals surface area contributed by atoms with E-state index in [-0.39, 0.29) is 11.1 Å². The number of ether oxygens (including phenoxy) is 1. The first kappa shape index (κ1) is 29.4. The smallest absolute Gasteiger partial charge is 0.339 e. The zero-order valence-electron chi connectivity index (χ0n) is 21.3. The van der Waals surface area contributed by atoms with Gasteiger partial charge >= 0.3 is 11.9 Å². The van der Waals surface area contributed by atoms with Crippen molar-refractivity contribution in [2.24, 2.45) is 0 Å². The molecule has 0 saturated carbocycles. The maximum Gasteiger partial charge on any atom is 0.339 e. The zero-order valence-corrected chi connectivity index (χ0v) is 21.3. The quantitative estimate of drug-likeness (QED) is 0.198. The predicted octanol–water partition coefficient (Wildman–Crippen LogP) is 8.49. The second-order valence-corrected chi connectivity index (χ2v) is 8.72. The highest BCUT2D eigenvalue weighted by atomic mass is 16.5. The Morgan fingerprint density at radius 1 is 0.676 bits per heavy atom. The van der Waals surface area contributed by atoms with Crippen molar-refractivity contribution in [2.45, 2.75) is 97.3 Å². The van der Waals surface area contributed by atoms with Gasteiger partial charge in [0.15, 0.2) is 0 Å². The third-order valence-electron chi connectivity index (χ3n) is 5.78. The Hall–Kier alpha value is -2.62. The molecule has 0 heterocycles. The molecule has 4 heteroatoms. The van der Waals surface area contributed by atoms with Crippen LogP contribution in [0.4, 0.5) is 0 Å². The van der Waals surface area contributed by atoms with E-state index in [9.17, 15) is 14.7 Å². The zero-order chi connectivity index (χ0) is 24.9. The maximum absolute atomic E-state index is 12.4. The standard InChI is InChI=1S/C24H38O4.C6H6/c1-3-5-7-9-11-13-16-20-17-15-18-21(22(20)23(25)26)24(27)28-19-14-12-10-8-6-4-2;1-2-4-6-5-3-1/h15,17-18H,3-14,16,19H2,1-2H3,(H,25,26);1-6H. The van der Waals surface area contributed by atoms with E-state index in [0.29, 0.717) is 13.0 Å². The molecule has 0 spiro atoms. The maximum atomic E-state index is 12.4. The fourth-order valence-corrected chi connectivity index (χ4v) is 3.84. The number of carbonyl (C=O) groups excluding carboxylic acids is 1. The van der Waals surface area contributed by atoms with Crippen LogP contribution in [0.15, 0.2) is 54.6 Å². The van der Waals surface area contributed by atoms with Crippen LogP contribution in [0.2, 0.25) is 0 Å². The third-order valence-corrected chi connectivity index (χ3v) is 5.78. The van der Waals surface area contributed by atoms with Gasteiger partial charge in [0.05, 0.1) is 17.7 Å². The molecule has 0 aliphatic carbocycles. The number of hydrogen-bond donors (Lipinski definition) is 1. The lowest BCUT2D eigenvalue weighted by atomic mass is 9.96. The van der Waals surface area contributed by atoms with Crippen LogP contribution in [0.1, 0.15) is 117 Å². The summed E-state index contributed by atoms with van der Waals surface area (Å²) in [4.78, 5) is 24.2. The topological polar surface area (TPSA) is 63.6 Å². The molecule has 0 aliphatic heterocycles. The molecule has 2 rings (SSSR count). The molecule has 34 heavy (non-hydrogen) atoms. The van der Waals surface area contributed by atoms with Crippen LogP contribution in [0.3, 0.4) is 0 Å². The Morgan fingerprint density at radius 2 is 1.18 bits per heavy atom. The fraction of sp³-hybridized carbons (Fsp3) is 0.533. The van der Waals surface area contributed by atoms with Crippen LogP contribution in [0.25, 0.3) is 0 Å². The van der Waals surface area contributed by atoms with E-state index >= 15 is 0 Å². The van der Waals surface area contributed by atoms with E-state index in [1.54, 1.807) is 12.1 Å². The number of aromatic carboxylic acids is 1. The monoisotopic (exact) mass is 468 g/mol. The molecule has 0 atom stereocenters. The van der Waals surface area contributed by atoms with E-state index in [1.807, 2.05) is 42.5 Å². The van der Waals surface area contributed by atoms with Crippen LogP contribution >= 0.6 is 0 Å². The number of unbranched alkanes of at least 4 members (excludes halogenated alkanes) is 10. The summed E-state index contributed by atoms with van der Waals surface area (Å²) in [6, 6.07) is 17.2.